The van der Waals surface area contributed by atoms with Crippen molar-refractivity contribution in [2.75, 3.05) is 14.2 Å². The van der Waals surface area contributed by atoms with Gasteiger partial charge >= 0.3 is 11.6 Å². The van der Waals surface area contributed by atoms with Crippen molar-refractivity contribution in [3.05, 3.63) is 40.8 Å². The molecule has 0 radical (unpaired) electrons. The Bertz CT molecular complexity index is 404. The monoisotopic (exact) mass is 207 g/mol. The summed E-state index contributed by atoms with van der Waals surface area (Å²) in [5.74, 6) is 0.232. The highest BCUT2D eigenvalue weighted by Gasteiger charge is 2.22. The Morgan fingerprint density at radius 1 is 1.27 bits per heavy atom. The van der Waals surface area contributed by atoms with Crippen LogP contribution in [-0.4, -0.2) is 19.3 Å². The van der Waals surface area contributed by atoms with Crippen LogP contribution in [0.3, 0.4) is 0 Å². The molecule has 0 atom stereocenters. The van der Waals surface area contributed by atoms with E-state index < -0.39 is 5.95 Å². The number of hydrogen-bond acceptors (Lipinski definition) is 4. The number of aliphatic hydroxyl groups is 1. The Morgan fingerprint density at radius 3 is 2.27 bits per heavy atom. The first-order valence-corrected chi connectivity index (χ1v) is 4.19. The van der Waals surface area contributed by atoms with Gasteiger partial charge in [-0.3, -0.25) is 0 Å². The molecular weight excluding hydrogens is 196 g/mol. The molecule has 0 heterocycles. The summed E-state index contributed by atoms with van der Waals surface area (Å²) in [6.45, 7) is 0. The van der Waals surface area contributed by atoms with Gasteiger partial charge in [0.15, 0.2) is 4.98 Å². The lowest BCUT2D eigenvalue weighted by atomic mass is 10.1. The van der Waals surface area contributed by atoms with Crippen LogP contribution in [0.25, 0.3) is 10.7 Å². The molecule has 0 saturated heterocycles. The second-order valence-electron chi connectivity index (χ2n) is 2.69. The van der Waals surface area contributed by atoms with Gasteiger partial charge in [-0.15, -0.1) is 0 Å². The molecule has 5 nitrogen and oxygen atoms in total. The summed E-state index contributed by atoms with van der Waals surface area (Å²) >= 11 is 0. The molecule has 0 unspecified atom stereocenters. The molecule has 1 aromatic rings. The van der Waals surface area contributed by atoms with E-state index in [1.165, 1.54) is 7.11 Å². The highest BCUT2D eigenvalue weighted by Crippen LogP contribution is 2.21. The van der Waals surface area contributed by atoms with Gasteiger partial charge in [0.1, 0.15) is 5.75 Å². The van der Waals surface area contributed by atoms with E-state index in [2.05, 4.69) is 9.71 Å². The Hall–Kier alpha value is -2.22. The van der Waals surface area contributed by atoms with E-state index in [0.29, 0.717) is 11.3 Å². The second kappa shape index (κ2) is 4.86. The molecule has 0 bridgehead atoms. The minimum absolute atomic E-state index is 0.0276. The van der Waals surface area contributed by atoms with Gasteiger partial charge < -0.3 is 14.6 Å². The molecule has 5 heteroatoms. The lowest BCUT2D eigenvalue weighted by Gasteiger charge is -1.98. The smallest absolute Gasteiger partial charge is 0.471 e. The number of nitrogens with zero attached hydrogens (tertiary/aromatic N) is 2. The molecule has 0 spiro atoms. The summed E-state index contributed by atoms with van der Waals surface area (Å²) in [4.78, 5) is 2.95. The zero-order valence-electron chi connectivity index (χ0n) is 8.47. The SMILES string of the molecule is CO/C(O)=C(\[N+]#N)c1ccc(OC)cc1. The molecular formula is C10H11N2O3+. The average Bonchev–Trinajstić information content (AvgIpc) is 2.30. The molecule has 0 fully saturated rings. The van der Waals surface area contributed by atoms with Crippen molar-refractivity contribution < 1.29 is 14.6 Å². The first-order chi connectivity index (χ1) is 7.22. The lowest BCUT2D eigenvalue weighted by Crippen LogP contribution is -1.90. The quantitative estimate of drug-likeness (QED) is 0.610. The molecule has 0 aromatic heterocycles. The maximum Gasteiger partial charge on any atom is 0.471 e. The van der Waals surface area contributed by atoms with Crippen LogP contribution >= 0.6 is 0 Å². The second-order valence-corrected chi connectivity index (χ2v) is 2.69. The Kier molecular flexibility index (Phi) is 3.52. The Labute approximate surface area is 87.2 Å². The molecule has 1 rings (SSSR count). The highest BCUT2D eigenvalue weighted by molar-refractivity contribution is 5.71. The van der Waals surface area contributed by atoms with Crippen molar-refractivity contribution in [3.63, 3.8) is 0 Å². The van der Waals surface area contributed by atoms with Crippen molar-refractivity contribution in [3.8, 4) is 5.75 Å². The third-order valence-corrected chi connectivity index (χ3v) is 1.86. The van der Waals surface area contributed by atoms with E-state index in [4.69, 9.17) is 10.1 Å². The number of hydrogen-bond donors (Lipinski definition) is 1. The maximum atomic E-state index is 9.27. The first kappa shape index (κ1) is 10.9. The topological polar surface area (TPSA) is 66.8 Å². The van der Waals surface area contributed by atoms with Gasteiger partial charge in [0.25, 0.3) is 0 Å². The molecule has 1 aromatic carbocycles. The number of ether oxygens (including phenoxy) is 2. The summed E-state index contributed by atoms with van der Waals surface area (Å²) in [5, 5.41) is 18.0. The van der Waals surface area contributed by atoms with Crippen LogP contribution in [0.2, 0.25) is 0 Å². The predicted octanol–water partition coefficient (Wildman–Crippen LogP) is 2.38. The summed E-state index contributed by atoms with van der Waals surface area (Å²) in [6.07, 6.45) is 0. The number of benzene rings is 1. The molecule has 0 aliphatic heterocycles. The predicted molar refractivity (Wildman–Crippen MR) is 54.6 cm³/mol. The zero-order valence-corrected chi connectivity index (χ0v) is 8.47. The van der Waals surface area contributed by atoms with Crippen LogP contribution in [0.4, 0.5) is 0 Å². The highest BCUT2D eigenvalue weighted by atomic mass is 16.6. The van der Waals surface area contributed by atoms with Crippen LogP contribution in [0, 0.1) is 5.39 Å². The van der Waals surface area contributed by atoms with Crippen LogP contribution < -0.4 is 4.74 Å². The average molecular weight is 207 g/mol. The van der Waals surface area contributed by atoms with Crippen LogP contribution in [0.15, 0.2) is 30.2 Å². The fraction of sp³-hybridized carbons (Fsp3) is 0.200. The number of rotatable bonds is 3. The van der Waals surface area contributed by atoms with Gasteiger partial charge in [0.2, 0.25) is 5.39 Å². The van der Waals surface area contributed by atoms with Crippen molar-refractivity contribution in [2.45, 2.75) is 0 Å². The molecule has 1 N–H and O–H groups in total. The molecule has 0 amide bonds. The summed E-state index contributed by atoms with van der Waals surface area (Å²) in [6, 6.07) is 6.65. The molecule has 0 aliphatic rings. The zero-order chi connectivity index (χ0) is 11.3. The third kappa shape index (κ3) is 2.38. The van der Waals surface area contributed by atoms with Crippen molar-refractivity contribution >= 4 is 5.70 Å². The van der Waals surface area contributed by atoms with E-state index in [9.17, 15) is 5.11 Å². The number of aliphatic hydroxyl groups excluding tert-OH is 1. The van der Waals surface area contributed by atoms with E-state index in [1.807, 2.05) is 0 Å². The Balaban J connectivity index is 3.11. The van der Waals surface area contributed by atoms with Gasteiger partial charge in [0.05, 0.1) is 19.8 Å². The fourth-order valence-corrected chi connectivity index (χ4v) is 1.07. The standard InChI is InChI=1S/C10H10N2O3/c1-14-8-5-3-7(4-6-8)9(12-11)10(13)15-2/h3-6H,1-2H3/p+1/b10-9-. The van der Waals surface area contributed by atoms with E-state index >= 15 is 0 Å². The minimum Gasteiger partial charge on any atom is -0.497 e. The summed E-state index contributed by atoms with van der Waals surface area (Å²) in [7, 11) is 2.83. The normalized spacial score (nSPS) is 11.3. The van der Waals surface area contributed by atoms with E-state index in [-0.39, 0.29) is 5.70 Å². The van der Waals surface area contributed by atoms with Gasteiger partial charge in [-0.1, -0.05) is 0 Å². The molecule has 78 valence electrons. The van der Waals surface area contributed by atoms with E-state index in [0.717, 1.165) is 0 Å². The van der Waals surface area contributed by atoms with Crippen LogP contribution in [0.5, 0.6) is 5.75 Å². The van der Waals surface area contributed by atoms with Crippen molar-refractivity contribution in [1.82, 2.24) is 0 Å². The minimum atomic E-state index is -0.442. The summed E-state index contributed by atoms with van der Waals surface area (Å²) in [5.41, 5.74) is 0.498. The van der Waals surface area contributed by atoms with Crippen molar-refractivity contribution in [2.24, 2.45) is 0 Å². The molecule has 15 heavy (non-hydrogen) atoms. The molecule has 0 saturated carbocycles. The lowest BCUT2D eigenvalue weighted by molar-refractivity contribution is 0.139. The van der Waals surface area contributed by atoms with Crippen LogP contribution in [-0.2, 0) is 4.74 Å². The maximum absolute atomic E-state index is 9.27. The van der Waals surface area contributed by atoms with Crippen molar-refractivity contribution in [1.29, 1.82) is 5.39 Å². The van der Waals surface area contributed by atoms with Crippen LogP contribution in [0.1, 0.15) is 5.56 Å². The molecule has 0 aliphatic carbocycles. The van der Waals surface area contributed by atoms with Gasteiger partial charge in [-0.25, -0.2) is 0 Å². The van der Waals surface area contributed by atoms with E-state index in [1.54, 1.807) is 31.4 Å². The Morgan fingerprint density at radius 2 is 1.87 bits per heavy atom. The largest absolute Gasteiger partial charge is 0.497 e. The summed E-state index contributed by atoms with van der Waals surface area (Å²) < 4.78 is 9.53. The van der Waals surface area contributed by atoms with Gasteiger partial charge in [-0.2, -0.15) is 0 Å². The fourth-order valence-electron chi connectivity index (χ4n) is 1.07. The van der Waals surface area contributed by atoms with Gasteiger partial charge in [0, 0.05) is 0 Å². The third-order valence-electron chi connectivity index (χ3n) is 1.86. The van der Waals surface area contributed by atoms with Gasteiger partial charge in [-0.05, 0) is 24.3 Å². The number of diazo groups is 1. The number of methoxy groups -OCH3 is 2. The first-order valence-electron chi connectivity index (χ1n) is 4.19.